The number of anilines is 1. The predicted molar refractivity (Wildman–Crippen MR) is 134 cm³/mol. The SMILES string of the molecule is CO/N=C(\C(=O)N[C@@H]1C(=O)N2C(C(=O)O)=C(C[n+]3ccn4c([N+](=O)[O-])ccc4c3)CS[C@@H]12)c1csc(N)n1. The molecule has 196 valence electrons. The molecule has 0 aliphatic carbocycles. The highest BCUT2D eigenvalue weighted by Crippen LogP contribution is 2.40. The van der Waals surface area contributed by atoms with Crippen molar-refractivity contribution in [2.24, 2.45) is 5.16 Å². The van der Waals surface area contributed by atoms with Crippen molar-refractivity contribution >= 4 is 63.1 Å². The number of amides is 2. The minimum Gasteiger partial charge on any atom is -0.477 e. The van der Waals surface area contributed by atoms with Crippen LogP contribution < -0.4 is 15.6 Å². The fourth-order valence-electron chi connectivity index (χ4n) is 4.26. The van der Waals surface area contributed by atoms with E-state index in [1.165, 1.54) is 40.9 Å². The van der Waals surface area contributed by atoms with Crippen molar-refractivity contribution in [1.29, 1.82) is 0 Å². The smallest absolute Gasteiger partial charge is 0.352 e. The number of carbonyl (C=O) groups excluding carboxylic acids is 2. The molecule has 1 fully saturated rings. The molecule has 5 heterocycles. The number of thioether (sulfide) groups is 1. The lowest BCUT2D eigenvalue weighted by Gasteiger charge is -2.49. The Hall–Kier alpha value is -4.51. The molecular weight excluding hydrogens is 540 g/mol. The van der Waals surface area contributed by atoms with Crippen LogP contribution in [0.2, 0.25) is 0 Å². The van der Waals surface area contributed by atoms with Crippen molar-refractivity contribution in [1.82, 2.24) is 19.6 Å². The molecule has 15 nitrogen and oxygen atoms in total. The van der Waals surface area contributed by atoms with Crippen LogP contribution in [0.4, 0.5) is 10.9 Å². The molecule has 5 rings (SSSR count). The maximum atomic E-state index is 13.0. The van der Waals surface area contributed by atoms with Gasteiger partial charge in [0, 0.05) is 22.8 Å². The number of fused-ring (bicyclic) bond motifs is 2. The number of aromatic nitrogens is 3. The first-order chi connectivity index (χ1) is 18.2. The highest BCUT2D eigenvalue weighted by Gasteiger charge is 2.54. The maximum absolute atomic E-state index is 13.0. The molecule has 2 amide bonds. The van der Waals surface area contributed by atoms with Crippen molar-refractivity contribution < 1.29 is 33.8 Å². The molecule has 3 aromatic rings. The molecule has 2 aliphatic rings. The topological polar surface area (TPSA) is 199 Å². The van der Waals surface area contributed by atoms with Gasteiger partial charge >= 0.3 is 11.8 Å². The summed E-state index contributed by atoms with van der Waals surface area (Å²) in [6.45, 7) is 0.146. The van der Waals surface area contributed by atoms with Crippen LogP contribution in [0.1, 0.15) is 5.69 Å². The van der Waals surface area contributed by atoms with Crippen LogP contribution in [0.25, 0.3) is 5.52 Å². The lowest BCUT2D eigenvalue weighted by molar-refractivity contribution is -0.688. The van der Waals surface area contributed by atoms with Crippen LogP contribution in [0, 0.1) is 10.1 Å². The van der Waals surface area contributed by atoms with E-state index in [2.05, 4.69) is 15.5 Å². The fourth-order valence-corrected chi connectivity index (χ4v) is 6.14. The Bertz CT molecular complexity index is 1560. The number of nitro groups is 1. The Morgan fingerprint density at radius 2 is 2.24 bits per heavy atom. The molecule has 0 unspecified atom stereocenters. The maximum Gasteiger partial charge on any atom is 0.352 e. The Balaban J connectivity index is 1.36. The third-order valence-electron chi connectivity index (χ3n) is 5.89. The van der Waals surface area contributed by atoms with Gasteiger partial charge in [-0.15, -0.1) is 23.1 Å². The summed E-state index contributed by atoms with van der Waals surface area (Å²) in [4.78, 5) is 58.7. The van der Waals surface area contributed by atoms with E-state index < -0.39 is 34.1 Å². The van der Waals surface area contributed by atoms with Gasteiger partial charge in [-0.1, -0.05) is 5.16 Å². The second-order valence-corrected chi connectivity index (χ2v) is 10.1. The quantitative estimate of drug-likeness (QED) is 0.111. The van der Waals surface area contributed by atoms with E-state index in [4.69, 9.17) is 10.6 Å². The molecule has 0 radical (unpaired) electrons. The zero-order valence-corrected chi connectivity index (χ0v) is 21.1. The highest BCUT2D eigenvalue weighted by atomic mass is 32.2. The summed E-state index contributed by atoms with van der Waals surface area (Å²) in [6.07, 6.45) is 4.76. The Morgan fingerprint density at radius 3 is 2.89 bits per heavy atom. The second kappa shape index (κ2) is 9.75. The molecule has 2 aliphatic heterocycles. The van der Waals surface area contributed by atoms with Gasteiger partial charge in [0.05, 0.1) is 0 Å². The van der Waals surface area contributed by atoms with E-state index >= 15 is 0 Å². The summed E-state index contributed by atoms with van der Waals surface area (Å²) in [5.74, 6) is -2.38. The number of thiazole rings is 1. The number of aliphatic carboxylic acids is 1. The average Bonchev–Trinajstić information content (AvgIpc) is 3.51. The average molecular weight is 560 g/mol. The Kier molecular flexibility index (Phi) is 6.45. The number of nitrogens with two attached hydrogens (primary N) is 1. The largest absolute Gasteiger partial charge is 0.477 e. The third kappa shape index (κ3) is 4.30. The summed E-state index contributed by atoms with van der Waals surface area (Å²) in [5.41, 5.74) is 6.53. The van der Waals surface area contributed by atoms with Crippen molar-refractivity contribution in [3.05, 3.63) is 63.2 Å². The predicted octanol–water partition coefficient (Wildman–Crippen LogP) is -0.0370. The van der Waals surface area contributed by atoms with Crippen LogP contribution in [0.3, 0.4) is 0 Å². The van der Waals surface area contributed by atoms with Crippen molar-refractivity contribution in [2.45, 2.75) is 18.0 Å². The number of hydrogen-bond acceptors (Lipinski definition) is 11. The molecule has 38 heavy (non-hydrogen) atoms. The number of nitrogen functional groups attached to an aromatic ring is 1. The molecule has 0 spiro atoms. The van der Waals surface area contributed by atoms with Gasteiger partial charge in [0.2, 0.25) is 12.4 Å². The van der Waals surface area contributed by atoms with E-state index in [0.29, 0.717) is 11.1 Å². The first kappa shape index (κ1) is 25.2. The van der Waals surface area contributed by atoms with Crippen LogP contribution >= 0.6 is 23.1 Å². The third-order valence-corrected chi connectivity index (χ3v) is 7.91. The van der Waals surface area contributed by atoms with Crippen molar-refractivity contribution in [3.63, 3.8) is 0 Å². The molecule has 1 saturated heterocycles. The molecule has 17 heteroatoms. The highest BCUT2D eigenvalue weighted by molar-refractivity contribution is 8.00. The van der Waals surface area contributed by atoms with Gasteiger partial charge in [0.25, 0.3) is 11.8 Å². The van der Waals surface area contributed by atoms with E-state index in [-0.39, 0.29) is 40.3 Å². The number of carbonyl (C=O) groups is 3. The summed E-state index contributed by atoms with van der Waals surface area (Å²) in [5, 5.41) is 28.5. The van der Waals surface area contributed by atoms with Crippen LogP contribution in [0.5, 0.6) is 0 Å². The van der Waals surface area contributed by atoms with Gasteiger partial charge in [-0.05, 0) is 11.0 Å². The summed E-state index contributed by atoms with van der Waals surface area (Å²) >= 11 is 2.42. The molecule has 0 bridgehead atoms. The summed E-state index contributed by atoms with van der Waals surface area (Å²) in [7, 11) is 1.26. The van der Waals surface area contributed by atoms with E-state index in [0.717, 1.165) is 16.2 Å². The lowest BCUT2D eigenvalue weighted by atomic mass is 10.0. The number of nitrogens with zero attached hydrogens (tertiary/aromatic N) is 6. The molecule has 2 atom stereocenters. The fraction of sp³-hybridized carbons (Fsp3) is 0.238. The minimum absolute atomic E-state index is 0.0927. The Morgan fingerprint density at radius 1 is 1.45 bits per heavy atom. The van der Waals surface area contributed by atoms with Gasteiger partial charge < -0.3 is 31.1 Å². The number of β-lactam (4-membered cyclic amide) rings is 1. The lowest BCUT2D eigenvalue weighted by Crippen LogP contribution is -2.71. The van der Waals surface area contributed by atoms with E-state index in [9.17, 15) is 29.6 Å². The second-order valence-electron chi connectivity index (χ2n) is 8.15. The van der Waals surface area contributed by atoms with Gasteiger partial charge in [-0.25, -0.2) is 9.78 Å². The normalized spacial score (nSPS) is 19.2. The first-order valence-electron chi connectivity index (χ1n) is 10.9. The van der Waals surface area contributed by atoms with Crippen LogP contribution in [-0.4, -0.2) is 72.1 Å². The van der Waals surface area contributed by atoms with E-state index in [1.807, 2.05) is 0 Å². The monoisotopic (exact) mass is 559 g/mol. The number of rotatable bonds is 8. The number of oxime groups is 1. The van der Waals surface area contributed by atoms with E-state index in [1.54, 1.807) is 23.0 Å². The molecular formula is C21H19N8O7S2+. The van der Waals surface area contributed by atoms with Crippen molar-refractivity contribution in [3.8, 4) is 0 Å². The first-order valence-corrected chi connectivity index (χ1v) is 12.8. The summed E-state index contributed by atoms with van der Waals surface area (Å²) in [6, 6.07) is 1.98. The number of nitrogens with one attached hydrogen (secondary N) is 1. The summed E-state index contributed by atoms with van der Waals surface area (Å²) < 4.78 is 3.09. The van der Waals surface area contributed by atoms with Gasteiger partial charge in [0.15, 0.2) is 29.1 Å². The minimum atomic E-state index is -1.27. The molecule has 4 N–H and O–H groups in total. The zero-order valence-electron chi connectivity index (χ0n) is 19.5. The number of carboxylic acid groups (broad SMARTS) is 1. The number of hydrogen-bond donors (Lipinski definition) is 3. The Labute approximate surface area is 221 Å². The van der Waals surface area contributed by atoms with Gasteiger partial charge in [0.1, 0.15) is 29.9 Å². The zero-order chi connectivity index (χ0) is 27.1. The van der Waals surface area contributed by atoms with Gasteiger partial charge in [-0.2, -0.15) is 8.97 Å². The molecule has 0 saturated carbocycles. The van der Waals surface area contributed by atoms with Crippen molar-refractivity contribution in [2.75, 3.05) is 18.6 Å². The molecule has 0 aromatic carbocycles. The standard InChI is InChI=1S/C21H18N8O7S2/c1-36-25-14(12-9-38-21(22)23-12)17(30)24-15-18(31)28-16(20(32)33)10(8-37-19(15)28)6-26-4-5-27-11(7-26)2-3-13(27)29(34)35/h2-5,7,9,15,19H,6,8H2,1H3,(H3-,22,23,24,30,32,33)/p+1/b25-14-/t15-,19+/m1/s1. The van der Waals surface area contributed by atoms with Crippen LogP contribution in [-0.2, 0) is 25.8 Å². The molecule has 3 aromatic heterocycles. The van der Waals surface area contributed by atoms with Gasteiger partial charge in [-0.3, -0.25) is 14.5 Å². The number of carboxylic acids is 1. The van der Waals surface area contributed by atoms with Crippen LogP contribution in [0.15, 0.2) is 52.5 Å².